The smallest absolute Gasteiger partial charge is 0.240 e. The molecule has 1 atom stereocenters. The van der Waals surface area contributed by atoms with Crippen LogP contribution in [-0.2, 0) is 16.1 Å². The Labute approximate surface area is 117 Å². The number of ether oxygens (including phenoxy) is 1. The molecular formula is C15H19N3O2. The van der Waals surface area contributed by atoms with E-state index in [0.29, 0.717) is 19.0 Å². The number of aromatic nitrogens is 2. The Hall–Kier alpha value is -1.88. The average Bonchev–Trinajstić information content (AvgIpc) is 2.90. The summed E-state index contributed by atoms with van der Waals surface area (Å²) < 4.78 is 7.29. The zero-order valence-electron chi connectivity index (χ0n) is 11.4. The number of hydrogen-bond acceptors (Lipinski definition) is 3. The normalized spacial score (nSPS) is 19.1. The van der Waals surface area contributed by atoms with E-state index in [1.54, 1.807) is 6.33 Å². The summed E-state index contributed by atoms with van der Waals surface area (Å²) in [5.74, 6) is 0.478. The number of carbonyl (C=O) groups excluding carboxylic acids is 1. The van der Waals surface area contributed by atoms with E-state index in [4.69, 9.17) is 4.74 Å². The predicted molar refractivity (Wildman–Crippen MR) is 76.3 cm³/mol. The number of carbonyl (C=O) groups is 1. The molecule has 1 saturated heterocycles. The van der Waals surface area contributed by atoms with Crippen LogP contribution < -0.4 is 5.32 Å². The third-order valence-electron chi connectivity index (χ3n) is 3.68. The third kappa shape index (κ3) is 2.99. The SMILES string of the molecule is O=C(Cn1cnc2ccccc21)NC[C@H]1CCCOC1. The minimum Gasteiger partial charge on any atom is -0.381 e. The second kappa shape index (κ2) is 6.05. The number of fused-ring (bicyclic) bond motifs is 1. The zero-order valence-corrected chi connectivity index (χ0v) is 11.4. The number of nitrogens with one attached hydrogen (secondary N) is 1. The van der Waals surface area contributed by atoms with E-state index >= 15 is 0 Å². The molecule has 1 fully saturated rings. The molecule has 2 heterocycles. The fraction of sp³-hybridized carbons (Fsp3) is 0.467. The van der Waals surface area contributed by atoms with Crippen LogP contribution in [0, 0.1) is 5.92 Å². The molecule has 1 aliphatic heterocycles. The highest BCUT2D eigenvalue weighted by Gasteiger charge is 2.15. The van der Waals surface area contributed by atoms with Crippen molar-refractivity contribution in [3.05, 3.63) is 30.6 Å². The van der Waals surface area contributed by atoms with Crippen LogP contribution in [0.2, 0.25) is 0 Å². The van der Waals surface area contributed by atoms with Crippen molar-refractivity contribution in [1.29, 1.82) is 0 Å². The first-order valence-corrected chi connectivity index (χ1v) is 7.07. The van der Waals surface area contributed by atoms with Crippen LogP contribution in [0.15, 0.2) is 30.6 Å². The molecule has 0 saturated carbocycles. The Balaban J connectivity index is 1.55. The van der Waals surface area contributed by atoms with Gasteiger partial charge in [0.2, 0.25) is 5.91 Å². The van der Waals surface area contributed by atoms with Crippen LogP contribution >= 0.6 is 0 Å². The van der Waals surface area contributed by atoms with Crippen LogP contribution in [0.25, 0.3) is 11.0 Å². The van der Waals surface area contributed by atoms with Crippen LogP contribution in [0.5, 0.6) is 0 Å². The largest absolute Gasteiger partial charge is 0.381 e. The van der Waals surface area contributed by atoms with Gasteiger partial charge in [-0.3, -0.25) is 4.79 Å². The lowest BCUT2D eigenvalue weighted by Gasteiger charge is -2.22. The summed E-state index contributed by atoms with van der Waals surface area (Å²) in [7, 11) is 0. The van der Waals surface area contributed by atoms with Crippen LogP contribution in [-0.4, -0.2) is 35.2 Å². The van der Waals surface area contributed by atoms with Crippen LogP contribution in [0.1, 0.15) is 12.8 Å². The van der Waals surface area contributed by atoms with E-state index in [9.17, 15) is 4.79 Å². The second-order valence-corrected chi connectivity index (χ2v) is 5.25. The summed E-state index contributed by atoms with van der Waals surface area (Å²) in [6, 6.07) is 7.83. The van der Waals surface area contributed by atoms with Gasteiger partial charge < -0.3 is 14.6 Å². The fourth-order valence-electron chi connectivity index (χ4n) is 2.57. The van der Waals surface area contributed by atoms with Gasteiger partial charge in [-0.15, -0.1) is 0 Å². The van der Waals surface area contributed by atoms with Gasteiger partial charge in [0, 0.05) is 13.2 Å². The molecule has 5 heteroatoms. The fourth-order valence-corrected chi connectivity index (χ4v) is 2.57. The molecule has 1 aromatic carbocycles. The topological polar surface area (TPSA) is 56.2 Å². The van der Waals surface area contributed by atoms with E-state index < -0.39 is 0 Å². The molecule has 20 heavy (non-hydrogen) atoms. The molecule has 1 amide bonds. The van der Waals surface area contributed by atoms with Gasteiger partial charge in [-0.25, -0.2) is 4.98 Å². The van der Waals surface area contributed by atoms with Gasteiger partial charge in [-0.05, 0) is 30.9 Å². The molecule has 1 aliphatic rings. The predicted octanol–water partition coefficient (Wildman–Crippen LogP) is 1.58. The molecule has 0 radical (unpaired) electrons. The number of benzene rings is 1. The van der Waals surface area contributed by atoms with Gasteiger partial charge in [-0.1, -0.05) is 12.1 Å². The Morgan fingerprint density at radius 1 is 1.45 bits per heavy atom. The molecule has 1 N–H and O–H groups in total. The molecule has 0 aliphatic carbocycles. The van der Waals surface area contributed by atoms with Crippen LogP contribution in [0.4, 0.5) is 0 Å². The van der Waals surface area contributed by atoms with Gasteiger partial charge in [0.1, 0.15) is 6.54 Å². The maximum atomic E-state index is 12.0. The van der Waals surface area contributed by atoms with Gasteiger partial charge in [0.25, 0.3) is 0 Å². The van der Waals surface area contributed by atoms with Crippen molar-refractivity contribution in [3.8, 4) is 0 Å². The lowest BCUT2D eigenvalue weighted by Crippen LogP contribution is -2.35. The third-order valence-corrected chi connectivity index (χ3v) is 3.68. The first-order chi connectivity index (χ1) is 9.83. The lowest BCUT2D eigenvalue weighted by molar-refractivity contribution is -0.122. The van der Waals surface area contributed by atoms with Crippen molar-refractivity contribution in [2.75, 3.05) is 19.8 Å². The van der Waals surface area contributed by atoms with Gasteiger partial charge >= 0.3 is 0 Å². The van der Waals surface area contributed by atoms with E-state index in [-0.39, 0.29) is 5.91 Å². The maximum Gasteiger partial charge on any atom is 0.240 e. The highest BCUT2D eigenvalue weighted by atomic mass is 16.5. The van der Waals surface area contributed by atoms with E-state index in [0.717, 1.165) is 37.1 Å². The van der Waals surface area contributed by atoms with E-state index in [1.807, 2.05) is 28.8 Å². The van der Waals surface area contributed by atoms with Gasteiger partial charge in [0.05, 0.1) is 24.0 Å². The lowest BCUT2D eigenvalue weighted by atomic mass is 10.0. The standard InChI is InChI=1S/C15H19N3O2/c19-15(16-8-12-4-3-7-20-10-12)9-18-11-17-13-5-1-2-6-14(13)18/h1-2,5-6,11-12H,3-4,7-10H2,(H,16,19)/t12-/m1/s1. The molecule has 3 rings (SSSR count). The number of para-hydroxylation sites is 2. The number of rotatable bonds is 4. The van der Waals surface area contributed by atoms with Crippen molar-refractivity contribution in [2.24, 2.45) is 5.92 Å². The molecule has 0 spiro atoms. The highest BCUT2D eigenvalue weighted by molar-refractivity contribution is 5.80. The Kier molecular flexibility index (Phi) is 3.97. The first-order valence-electron chi connectivity index (χ1n) is 7.07. The van der Waals surface area contributed by atoms with Crippen molar-refractivity contribution in [1.82, 2.24) is 14.9 Å². The number of nitrogens with zero attached hydrogens (tertiary/aromatic N) is 2. The number of hydrogen-bond donors (Lipinski definition) is 1. The summed E-state index contributed by atoms with van der Waals surface area (Å²) in [5.41, 5.74) is 1.91. The summed E-state index contributed by atoms with van der Waals surface area (Å²) in [4.78, 5) is 16.3. The summed E-state index contributed by atoms with van der Waals surface area (Å²) in [6.07, 6.45) is 3.94. The van der Waals surface area contributed by atoms with Gasteiger partial charge in [-0.2, -0.15) is 0 Å². The quantitative estimate of drug-likeness (QED) is 0.920. The first kappa shape index (κ1) is 13.1. The maximum absolute atomic E-state index is 12.0. The molecule has 1 aromatic heterocycles. The monoisotopic (exact) mass is 273 g/mol. The van der Waals surface area contributed by atoms with Gasteiger partial charge in [0.15, 0.2) is 0 Å². The zero-order chi connectivity index (χ0) is 13.8. The van der Waals surface area contributed by atoms with E-state index in [1.165, 1.54) is 0 Å². The van der Waals surface area contributed by atoms with Crippen molar-refractivity contribution in [3.63, 3.8) is 0 Å². The molecule has 106 valence electrons. The minimum absolute atomic E-state index is 0.0266. The molecule has 2 aromatic rings. The Bertz CT molecular complexity index is 588. The number of imidazole rings is 1. The average molecular weight is 273 g/mol. The van der Waals surface area contributed by atoms with E-state index in [2.05, 4.69) is 10.3 Å². The Morgan fingerprint density at radius 3 is 3.20 bits per heavy atom. The second-order valence-electron chi connectivity index (χ2n) is 5.25. The van der Waals surface area contributed by atoms with Crippen molar-refractivity contribution >= 4 is 16.9 Å². The molecule has 0 bridgehead atoms. The summed E-state index contributed by atoms with van der Waals surface area (Å²) in [5, 5.41) is 2.99. The summed E-state index contributed by atoms with van der Waals surface area (Å²) >= 11 is 0. The molecule has 5 nitrogen and oxygen atoms in total. The Morgan fingerprint density at radius 2 is 2.35 bits per heavy atom. The minimum atomic E-state index is 0.0266. The highest BCUT2D eigenvalue weighted by Crippen LogP contribution is 2.13. The van der Waals surface area contributed by atoms with Crippen molar-refractivity contribution in [2.45, 2.75) is 19.4 Å². The van der Waals surface area contributed by atoms with Crippen LogP contribution in [0.3, 0.4) is 0 Å². The van der Waals surface area contributed by atoms with Crippen molar-refractivity contribution < 1.29 is 9.53 Å². The molecule has 0 unspecified atom stereocenters. The molecular weight excluding hydrogens is 254 g/mol. The summed E-state index contributed by atoms with van der Waals surface area (Å²) in [6.45, 7) is 2.62. The number of amides is 1.